The van der Waals surface area contributed by atoms with Crippen LogP contribution in [0.3, 0.4) is 0 Å². The Balaban J connectivity index is 2.42. The number of amides is 1. The molecule has 0 unspecified atom stereocenters. The van der Waals surface area contributed by atoms with Crippen LogP contribution in [0, 0.1) is 0 Å². The molecule has 0 aliphatic rings. The van der Waals surface area contributed by atoms with Crippen molar-refractivity contribution in [1.29, 1.82) is 0 Å². The second kappa shape index (κ2) is 8.07. The fraction of sp³-hybridized carbons (Fsp3) is 0.333. The summed E-state index contributed by atoms with van der Waals surface area (Å²) in [4.78, 5) is 29.0. The van der Waals surface area contributed by atoms with Crippen LogP contribution < -0.4 is 15.0 Å². The van der Waals surface area contributed by atoms with E-state index in [1.807, 2.05) is 26.0 Å². The largest absolute Gasteiger partial charge is 0.493 e. The molecule has 1 aromatic carbocycles. The van der Waals surface area contributed by atoms with Gasteiger partial charge in [-0.3, -0.25) is 9.59 Å². The number of carbonyl (C=O) groups excluding carboxylic acids is 1. The van der Waals surface area contributed by atoms with Gasteiger partial charge in [0.05, 0.1) is 25.8 Å². The Morgan fingerprint density at radius 1 is 1.28 bits per heavy atom. The molecule has 0 bridgehead atoms. The lowest BCUT2D eigenvalue weighted by molar-refractivity contribution is 0.0687. The van der Waals surface area contributed by atoms with Gasteiger partial charge in [-0.25, -0.2) is 0 Å². The molecule has 7 heteroatoms. The molecule has 2 aromatic rings. The predicted molar refractivity (Wildman–Crippen MR) is 96.6 cm³/mol. The Morgan fingerprint density at radius 3 is 2.60 bits per heavy atom. The summed E-state index contributed by atoms with van der Waals surface area (Å²) in [6.45, 7) is 4.02. The number of hydrogen-bond donors (Lipinski definition) is 1. The number of H-pyrrole nitrogens is 1. The highest BCUT2D eigenvalue weighted by atomic mass is 35.5. The van der Waals surface area contributed by atoms with Crippen LogP contribution in [0.1, 0.15) is 29.8 Å². The maximum Gasteiger partial charge on any atom is 0.260 e. The van der Waals surface area contributed by atoms with Crippen molar-refractivity contribution in [3.63, 3.8) is 0 Å². The standard InChI is InChI=1S/C18H21ClN2O4/c1-11(2)21(18(23)14-8-13(19)9-20-17(14)22)10-12-6-5-7-15(24-3)16(12)25-4/h5-9,11H,10H2,1-4H3,(H,20,22). The third-order valence-electron chi connectivity index (χ3n) is 3.81. The van der Waals surface area contributed by atoms with Crippen LogP contribution in [-0.4, -0.2) is 36.1 Å². The lowest BCUT2D eigenvalue weighted by atomic mass is 10.1. The van der Waals surface area contributed by atoms with E-state index in [1.54, 1.807) is 25.2 Å². The Bertz CT molecular complexity index is 817. The van der Waals surface area contributed by atoms with Crippen LogP contribution >= 0.6 is 11.6 Å². The number of halogens is 1. The molecule has 1 aromatic heterocycles. The minimum absolute atomic E-state index is 0.00284. The first-order chi connectivity index (χ1) is 11.9. The van der Waals surface area contributed by atoms with Crippen molar-refractivity contribution in [3.8, 4) is 11.5 Å². The Hall–Kier alpha value is -2.47. The van der Waals surface area contributed by atoms with Crippen molar-refractivity contribution < 1.29 is 14.3 Å². The summed E-state index contributed by atoms with van der Waals surface area (Å²) in [5.74, 6) is 0.740. The van der Waals surface area contributed by atoms with Crippen molar-refractivity contribution >= 4 is 17.5 Å². The molecule has 0 saturated heterocycles. The van der Waals surface area contributed by atoms with E-state index >= 15 is 0 Å². The highest BCUT2D eigenvalue weighted by Gasteiger charge is 2.24. The summed E-state index contributed by atoms with van der Waals surface area (Å²) in [5.41, 5.74) is 0.308. The van der Waals surface area contributed by atoms with Crippen LogP contribution in [-0.2, 0) is 6.54 Å². The number of pyridine rings is 1. The molecule has 0 saturated carbocycles. The second-order valence-electron chi connectivity index (χ2n) is 5.74. The van der Waals surface area contributed by atoms with Crippen molar-refractivity contribution in [2.24, 2.45) is 0 Å². The van der Waals surface area contributed by atoms with E-state index in [-0.39, 0.29) is 18.2 Å². The first-order valence-corrected chi connectivity index (χ1v) is 8.15. The monoisotopic (exact) mass is 364 g/mol. The maximum atomic E-state index is 12.9. The summed E-state index contributed by atoms with van der Waals surface area (Å²) < 4.78 is 10.7. The number of hydrogen-bond acceptors (Lipinski definition) is 4. The minimum atomic E-state index is -0.474. The number of aromatic amines is 1. The van der Waals surface area contributed by atoms with Gasteiger partial charge in [0.15, 0.2) is 11.5 Å². The van der Waals surface area contributed by atoms with Crippen LogP contribution in [0.5, 0.6) is 11.5 Å². The zero-order valence-corrected chi connectivity index (χ0v) is 15.4. The summed E-state index contributed by atoms with van der Waals surface area (Å²) in [7, 11) is 3.10. The lowest BCUT2D eigenvalue weighted by Gasteiger charge is -2.27. The van der Waals surface area contributed by atoms with E-state index in [1.165, 1.54) is 12.3 Å². The number of nitrogens with one attached hydrogen (secondary N) is 1. The summed E-state index contributed by atoms with van der Waals surface area (Å²) in [6.07, 6.45) is 1.35. The third kappa shape index (κ3) is 4.14. The van der Waals surface area contributed by atoms with E-state index < -0.39 is 11.5 Å². The Labute approximate surface area is 151 Å². The topological polar surface area (TPSA) is 71.6 Å². The molecular formula is C18H21ClN2O4. The number of rotatable bonds is 6. The van der Waals surface area contributed by atoms with Gasteiger partial charge in [-0.2, -0.15) is 0 Å². The van der Waals surface area contributed by atoms with E-state index in [9.17, 15) is 9.59 Å². The fourth-order valence-electron chi connectivity index (χ4n) is 2.52. The molecule has 6 nitrogen and oxygen atoms in total. The molecule has 1 heterocycles. The number of para-hydroxylation sites is 1. The molecule has 0 atom stereocenters. The van der Waals surface area contributed by atoms with Gasteiger partial charge in [0, 0.05) is 17.8 Å². The summed E-state index contributed by atoms with van der Waals surface area (Å²) in [6, 6.07) is 6.70. The lowest BCUT2D eigenvalue weighted by Crippen LogP contribution is -2.39. The number of carbonyl (C=O) groups is 1. The molecule has 1 N–H and O–H groups in total. The quantitative estimate of drug-likeness (QED) is 0.855. The maximum absolute atomic E-state index is 12.9. The molecule has 0 aliphatic heterocycles. The van der Waals surface area contributed by atoms with Gasteiger partial charge in [0.1, 0.15) is 5.56 Å². The highest BCUT2D eigenvalue weighted by molar-refractivity contribution is 6.30. The van der Waals surface area contributed by atoms with Gasteiger partial charge in [0.25, 0.3) is 11.5 Å². The Morgan fingerprint density at radius 2 is 2.00 bits per heavy atom. The number of benzene rings is 1. The normalized spacial score (nSPS) is 10.6. The zero-order valence-electron chi connectivity index (χ0n) is 14.6. The van der Waals surface area contributed by atoms with Gasteiger partial charge >= 0.3 is 0 Å². The molecule has 0 spiro atoms. The van der Waals surface area contributed by atoms with Crippen LogP contribution in [0.4, 0.5) is 0 Å². The minimum Gasteiger partial charge on any atom is -0.493 e. The van der Waals surface area contributed by atoms with Gasteiger partial charge in [0.2, 0.25) is 0 Å². The van der Waals surface area contributed by atoms with Crippen molar-refractivity contribution in [2.45, 2.75) is 26.4 Å². The van der Waals surface area contributed by atoms with E-state index in [0.717, 1.165) is 5.56 Å². The molecule has 0 aliphatic carbocycles. The van der Waals surface area contributed by atoms with E-state index in [4.69, 9.17) is 21.1 Å². The average molecular weight is 365 g/mol. The zero-order chi connectivity index (χ0) is 18.6. The van der Waals surface area contributed by atoms with Gasteiger partial charge in [-0.15, -0.1) is 0 Å². The summed E-state index contributed by atoms with van der Waals surface area (Å²) in [5, 5.41) is 0.297. The molecule has 25 heavy (non-hydrogen) atoms. The summed E-state index contributed by atoms with van der Waals surface area (Å²) >= 11 is 5.92. The van der Waals surface area contributed by atoms with Crippen molar-refractivity contribution in [3.05, 3.63) is 57.0 Å². The Kier molecular flexibility index (Phi) is 6.09. The second-order valence-corrected chi connectivity index (χ2v) is 6.18. The average Bonchev–Trinajstić information content (AvgIpc) is 2.60. The van der Waals surface area contributed by atoms with Crippen LogP contribution in [0.15, 0.2) is 35.3 Å². The van der Waals surface area contributed by atoms with Gasteiger partial charge < -0.3 is 19.4 Å². The number of aromatic nitrogens is 1. The van der Waals surface area contributed by atoms with Gasteiger partial charge in [-0.05, 0) is 26.0 Å². The van der Waals surface area contributed by atoms with Crippen LogP contribution in [0.2, 0.25) is 5.02 Å². The number of ether oxygens (including phenoxy) is 2. The molecule has 0 fully saturated rings. The molecular weight excluding hydrogens is 344 g/mol. The number of nitrogens with zero attached hydrogens (tertiary/aromatic N) is 1. The van der Waals surface area contributed by atoms with Gasteiger partial charge in [-0.1, -0.05) is 23.7 Å². The molecule has 1 amide bonds. The van der Waals surface area contributed by atoms with Crippen molar-refractivity contribution in [1.82, 2.24) is 9.88 Å². The predicted octanol–water partition coefficient (Wildman–Crippen LogP) is 3.10. The first-order valence-electron chi connectivity index (χ1n) is 7.78. The molecule has 0 radical (unpaired) electrons. The van der Waals surface area contributed by atoms with E-state index in [0.29, 0.717) is 16.5 Å². The third-order valence-corrected chi connectivity index (χ3v) is 4.03. The highest BCUT2D eigenvalue weighted by Crippen LogP contribution is 2.32. The van der Waals surface area contributed by atoms with Crippen molar-refractivity contribution in [2.75, 3.05) is 14.2 Å². The fourth-order valence-corrected chi connectivity index (χ4v) is 2.69. The molecule has 2 rings (SSSR count). The SMILES string of the molecule is COc1cccc(CN(C(=O)c2cc(Cl)c[nH]c2=O)C(C)C)c1OC. The smallest absolute Gasteiger partial charge is 0.260 e. The molecule has 134 valence electrons. The number of methoxy groups -OCH3 is 2. The van der Waals surface area contributed by atoms with E-state index in [2.05, 4.69) is 4.98 Å². The first kappa shape index (κ1) is 18.9. The van der Waals surface area contributed by atoms with Crippen LogP contribution in [0.25, 0.3) is 0 Å².